The fourth-order valence-corrected chi connectivity index (χ4v) is 1.47. The Hall–Kier alpha value is -0.120. The van der Waals surface area contributed by atoms with Crippen molar-refractivity contribution in [1.82, 2.24) is 4.90 Å². The smallest absolute Gasteiger partial charge is 0.0938 e. The van der Waals surface area contributed by atoms with Gasteiger partial charge in [-0.15, -0.1) is 0 Å². The molecule has 2 unspecified atom stereocenters. The van der Waals surface area contributed by atoms with Crippen LogP contribution in [0.25, 0.3) is 0 Å². The summed E-state index contributed by atoms with van der Waals surface area (Å²) in [6.07, 6.45) is 0.0775. The number of aliphatic hydroxyl groups excluding tert-OH is 2. The Bertz CT molecular complexity index is 128. The van der Waals surface area contributed by atoms with E-state index in [0.29, 0.717) is 19.0 Å². The number of aliphatic hydroxyl groups is 2. The van der Waals surface area contributed by atoms with Crippen LogP contribution in [0.4, 0.5) is 0 Å². The van der Waals surface area contributed by atoms with Gasteiger partial charge in [0.05, 0.1) is 12.2 Å². The van der Waals surface area contributed by atoms with Crippen molar-refractivity contribution in [2.24, 2.45) is 5.92 Å². The fraction of sp³-hybridized carbons (Fsp3) is 1.00. The number of rotatable bonds is 3. The zero-order valence-corrected chi connectivity index (χ0v) is 7.90. The van der Waals surface area contributed by atoms with Gasteiger partial charge < -0.3 is 10.2 Å². The SMILES string of the molecule is CC(C)CCN1CC(O)C(O)C1. The van der Waals surface area contributed by atoms with Gasteiger partial charge in [0.15, 0.2) is 0 Å². The van der Waals surface area contributed by atoms with E-state index in [9.17, 15) is 10.2 Å². The lowest BCUT2D eigenvalue weighted by atomic mass is 10.1. The number of likely N-dealkylation sites (tertiary alicyclic amines) is 1. The molecule has 0 aromatic carbocycles. The summed E-state index contributed by atoms with van der Waals surface area (Å²) in [6.45, 7) is 6.62. The summed E-state index contributed by atoms with van der Waals surface area (Å²) in [5.74, 6) is 0.694. The average molecular weight is 173 g/mol. The monoisotopic (exact) mass is 173 g/mol. The van der Waals surface area contributed by atoms with Crippen LogP contribution in [-0.2, 0) is 0 Å². The molecule has 0 amide bonds. The van der Waals surface area contributed by atoms with E-state index >= 15 is 0 Å². The summed E-state index contributed by atoms with van der Waals surface area (Å²) in [5, 5.41) is 18.5. The Morgan fingerprint density at radius 1 is 1.25 bits per heavy atom. The van der Waals surface area contributed by atoms with E-state index in [0.717, 1.165) is 13.0 Å². The van der Waals surface area contributed by atoms with Gasteiger partial charge in [0.1, 0.15) is 0 Å². The second-order valence-corrected chi connectivity index (χ2v) is 4.08. The van der Waals surface area contributed by atoms with Crippen molar-refractivity contribution in [3.05, 3.63) is 0 Å². The van der Waals surface area contributed by atoms with Crippen LogP contribution in [0.1, 0.15) is 20.3 Å². The minimum atomic E-state index is -0.530. The van der Waals surface area contributed by atoms with Gasteiger partial charge in [-0.1, -0.05) is 13.8 Å². The van der Waals surface area contributed by atoms with Crippen molar-refractivity contribution in [3.63, 3.8) is 0 Å². The van der Waals surface area contributed by atoms with Crippen LogP contribution in [-0.4, -0.2) is 47.0 Å². The molecule has 1 aliphatic heterocycles. The van der Waals surface area contributed by atoms with Gasteiger partial charge in [0.2, 0.25) is 0 Å². The molecule has 0 aromatic rings. The van der Waals surface area contributed by atoms with Crippen molar-refractivity contribution >= 4 is 0 Å². The van der Waals surface area contributed by atoms with Gasteiger partial charge in [0, 0.05) is 13.1 Å². The molecular formula is C9H19NO2. The zero-order valence-electron chi connectivity index (χ0n) is 7.90. The highest BCUT2D eigenvalue weighted by atomic mass is 16.3. The van der Waals surface area contributed by atoms with Gasteiger partial charge in [-0.3, -0.25) is 4.90 Å². The molecular weight excluding hydrogens is 154 g/mol. The first-order valence-corrected chi connectivity index (χ1v) is 4.68. The van der Waals surface area contributed by atoms with Crippen LogP contribution in [0.3, 0.4) is 0 Å². The van der Waals surface area contributed by atoms with E-state index in [2.05, 4.69) is 18.7 Å². The third-order valence-electron chi connectivity index (χ3n) is 2.36. The van der Waals surface area contributed by atoms with Gasteiger partial charge in [-0.2, -0.15) is 0 Å². The van der Waals surface area contributed by atoms with Crippen molar-refractivity contribution < 1.29 is 10.2 Å². The molecule has 2 atom stereocenters. The molecule has 0 aromatic heterocycles. The average Bonchev–Trinajstić information content (AvgIpc) is 2.28. The molecule has 1 fully saturated rings. The topological polar surface area (TPSA) is 43.7 Å². The fourth-order valence-electron chi connectivity index (χ4n) is 1.47. The first-order chi connectivity index (χ1) is 5.59. The maximum Gasteiger partial charge on any atom is 0.0938 e. The highest BCUT2D eigenvalue weighted by Crippen LogP contribution is 2.11. The third kappa shape index (κ3) is 2.73. The second-order valence-electron chi connectivity index (χ2n) is 4.08. The number of hydrogen-bond acceptors (Lipinski definition) is 3. The van der Waals surface area contributed by atoms with E-state index in [1.54, 1.807) is 0 Å². The van der Waals surface area contributed by atoms with E-state index in [1.807, 2.05) is 0 Å². The third-order valence-corrected chi connectivity index (χ3v) is 2.36. The first-order valence-electron chi connectivity index (χ1n) is 4.68. The van der Waals surface area contributed by atoms with Gasteiger partial charge in [-0.05, 0) is 18.9 Å². The molecule has 2 N–H and O–H groups in total. The normalized spacial score (nSPS) is 31.8. The quantitative estimate of drug-likeness (QED) is 0.635. The largest absolute Gasteiger partial charge is 0.389 e. The first kappa shape index (κ1) is 9.96. The Kier molecular flexibility index (Phi) is 3.50. The second kappa shape index (κ2) is 4.21. The molecule has 1 aliphatic rings. The molecule has 0 saturated carbocycles. The lowest BCUT2D eigenvalue weighted by molar-refractivity contribution is 0.0572. The highest BCUT2D eigenvalue weighted by molar-refractivity contribution is 4.82. The highest BCUT2D eigenvalue weighted by Gasteiger charge is 2.28. The molecule has 0 bridgehead atoms. The standard InChI is InChI=1S/C9H19NO2/c1-7(2)3-4-10-5-8(11)9(12)6-10/h7-9,11-12H,3-6H2,1-2H3. The molecule has 1 rings (SSSR count). The maximum atomic E-state index is 9.24. The van der Waals surface area contributed by atoms with Crippen LogP contribution in [0.15, 0.2) is 0 Å². The molecule has 3 nitrogen and oxygen atoms in total. The van der Waals surface area contributed by atoms with Crippen LogP contribution in [0, 0.1) is 5.92 Å². The predicted octanol–water partition coefficient (Wildman–Crippen LogP) is 0.0699. The van der Waals surface area contributed by atoms with Gasteiger partial charge in [0.25, 0.3) is 0 Å². The van der Waals surface area contributed by atoms with Crippen molar-refractivity contribution in [2.75, 3.05) is 19.6 Å². The summed E-state index contributed by atoms with van der Waals surface area (Å²) >= 11 is 0. The molecule has 72 valence electrons. The molecule has 1 saturated heterocycles. The van der Waals surface area contributed by atoms with Crippen LogP contribution >= 0.6 is 0 Å². The van der Waals surface area contributed by atoms with Gasteiger partial charge >= 0.3 is 0 Å². The minimum absolute atomic E-state index is 0.530. The number of β-amino-alcohol motifs (C(OH)–C–C–N with tert-alkyl or cyclic N) is 2. The molecule has 0 spiro atoms. The molecule has 0 radical (unpaired) electrons. The summed E-state index contributed by atoms with van der Waals surface area (Å²) < 4.78 is 0. The summed E-state index contributed by atoms with van der Waals surface area (Å²) in [4.78, 5) is 2.12. The van der Waals surface area contributed by atoms with E-state index in [4.69, 9.17) is 0 Å². The van der Waals surface area contributed by atoms with Gasteiger partial charge in [-0.25, -0.2) is 0 Å². The van der Waals surface area contributed by atoms with Crippen LogP contribution in [0.2, 0.25) is 0 Å². The maximum absolute atomic E-state index is 9.24. The predicted molar refractivity (Wildman–Crippen MR) is 47.9 cm³/mol. The zero-order chi connectivity index (χ0) is 9.14. The minimum Gasteiger partial charge on any atom is -0.389 e. The van der Waals surface area contributed by atoms with Crippen LogP contribution in [0.5, 0.6) is 0 Å². The van der Waals surface area contributed by atoms with Crippen molar-refractivity contribution in [2.45, 2.75) is 32.5 Å². The molecule has 3 heteroatoms. The molecule has 1 heterocycles. The van der Waals surface area contributed by atoms with Crippen molar-refractivity contribution in [3.8, 4) is 0 Å². The van der Waals surface area contributed by atoms with Crippen molar-refractivity contribution in [1.29, 1.82) is 0 Å². The van der Waals surface area contributed by atoms with Crippen LogP contribution < -0.4 is 0 Å². The number of hydrogen-bond donors (Lipinski definition) is 2. The lowest BCUT2D eigenvalue weighted by Crippen LogP contribution is -2.24. The summed E-state index contributed by atoms with van der Waals surface area (Å²) in [5.41, 5.74) is 0. The van der Waals surface area contributed by atoms with E-state index < -0.39 is 12.2 Å². The Balaban J connectivity index is 2.19. The summed E-state index contributed by atoms with van der Waals surface area (Å²) in [7, 11) is 0. The molecule has 12 heavy (non-hydrogen) atoms. The molecule has 0 aliphatic carbocycles. The van der Waals surface area contributed by atoms with E-state index in [1.165, 1.54) is 0 Å². The summed E-state index contributed by atoms with van der Waals surface area (Å²) in [6, 6.07) is 0. The lowest BCUT2D eigenvalue weighted by Gasteiger charge is -2.15. The Labute approximate surface area is 74.0 Å². The van der Waals surface area contributed by atoms with E-state index in [-0.39, 0.29) is 0 Å². The Morgan fingerprint density at radius 2 is 1.75 bits per heavy atom. The number of nitrogens with zero attached hydrogens (tertiary/aromatic N) is 1. The Morgan fingerprint density at radius 3 is 2.17 bits per heavy atom.